The maximum absolute atomic E-state index is 12.9. The summed E-state index contributed by atoms with van der Waals surface area (Å²) < 4.78 is 15.0. The van der Waals surface area contributed by atoms with Crippen LogP contribution in [0.5, 0.6) is 0 Å². The second kappa shape index (κ2) is 3.58. The van der Waals surface area contributed by atoms with Gasteiger partial charge in [0.2, 0.25) is 4.77 Å². The Hall–Kier alpha value is -1.49. The highest BCUT2D eigenvalue weighted by Crippen LogP contribution is 2.20. The van der Waals surface area contributed by atoms with Crippen molar-refractivity contribution in [3.63, 3.8) is 0 Å². The van der Waals surface area contributed by atoms with Crippen molar-refractivity contribution in [2.45, 2.75) is 6.92 Å². The lowest BCUT2D eigenvalue weighted by molar-refractivity contribution is 0.627. The minimum absolute atomic E-state index is 0.245. The number of hydrogen-bond acceptors (Lipinski definition) is 2. The molecule has 0 spiro atoms. The first-order valence-corrected chi connectivity index (χ1v) is 4.88. The van der Waals surface area contributed by atoms with Crippen molar-refractivity contribution < 1.29 is 4.39 Å². The molecule has 0 fully saturated rings. The molecular formula is C10H10FN3S. The van der Waals surface area contributed by atoms with Crippen LogP contribution in [0.25, 0.3) is 11.4 Å². The Kier molecular flexibility index (Phi) is 2.40. The first-order chi connectivity index (χ1) is 7.08. The van der Waals surface area contributed by atoms with E-state index in [2.05, 4.69) is 10.1 Å². The van der Waals surface area contributed by atoms with E-state index < -0.39 is 0 Å². The highest BCUT2D eigenvalue weighted by atomic mass is 32.1. The van der Waals surface area contributed by atoms with Gasteiger partial charge in [0.1, 0.15) is 5.82 Å². The van der Waals surface area contributed by atoms with Crippen LogP contribution < -0.4 is 0 Å². The molecule has 0 saturated heterocycles. The summed E-state index contributed by atoms with van der Waals surface area (Å²) in [6.45, 7) is 1.84. The summed E-state index contributed by atoms with van der Waals surface area (Å²) in [4.78, 5) is 4.17. The van der Waals surface area contributed by atoms with Crippen molar-refractivity contribution in [1.29, 1.82) is 0 Å². The van der Waals surface area contributed by atoms with Gasteiger partial charge in [-0.3, -0.25) is 9.78 Å². The first kappa shape index (κ1) is 10.0. The van der Waals surface area contributed by atoms with Crippen molar-refractivity contribution in [1.82, 2.24) is 14.8 Å². The Morgan fingerprint density at radius 3 is 2.73 bits per heavy atom. The van der Waals surface area contributed by atoms with Gasteiger partial charge in [-0.1, -0.05) is 0 Å². The number of nitrogens with zero attached hydrogens (tertiary/aromatic N) is 2. The fourth-order valence-corrected chi connectivity index (χ4v) is 1.55. The zero-order chi connectivity index (χ0) is 11.0. The third-order valence-electron chi connectivity index (χ3n) is 2.21. The SMILES string of the molecule is Cc1cc(F)ccc1-c1nc(=S)n(C)[nH]1. The van der Waals surface area contributed by atoms with E-state index in [9.17, 15) is 4.39 Å². The highest BCUT2D eigenvalue weighted by Gasteiger charge is 2.06. The van der Waals surface area contributed by atoms with Crippen LogP contribution in [0, 0.1) is 17.5 Å². The maximum Gasteiger partial charge on any atom is 0.216 e. The van der Waals surface area contributed by atoms with Gasteiger partial charge in [0, 0.05) is 12.6 Å². The first-order valence-electron chi connectivity index (χ1n) is 4.47. The Morgan fingerprint density at radius 1 is 1.47 bits per heavy atom. The fourth-order valence-electron chi connectivity index (χ4n) is 1.42. The molecule has 0 aliphatic rings. The Morgan fingerprint density at radius 2 is 2.20 bits per heavy atom. The molecule has 1 heterocycles. The average molecular weight is 223 g/mol. The second-order valence-corrected chi connectivity index (χ2v) is 3.74. The Labute approximate surface area is 91.6 Å². The Balaban J connectivity index is 2.59. The van der Waals surface area contributed by atoms with Crippen molar-refractivity contribution in [2.24, 2.45) is 7.05 Å². The van der Waals surface area contributed by atoms with Crippen molar-refractivity contribution >= 4 is 12.2 Å². The van der Waals surface area contributed by atoms with Gasteiger partial charge in [0.15, 0.2) is 5.82 Å². The number of halogens is 1. The molecule has 1 aromatic heterocycles. The summed E-state index contributed by atoms with van der Waals surface area (Å²) in [5.41, 5.74) is 1.70. The number of hydrogen-bond donors (Lipinski definition) is 1. The smallest absolute Gasteiger partial charge is 0.216 e. The molecule has 0 aliphatic heterocycles. The summed E-state index contributed by atoms with van der Waals surface area (Å²) in [5, 5.41) is 3.00. The van der Waals surface area contributed by atoms with E-state index in [1.807, 2.05) is 6.92 Å². The molecule has 0 radical (unpaired) electrons. The van der Waals surface area contributed by atoms with Crippen LogP contribution in [0.2, 0.25) is 0 Å². The molecule has 0 bridgehead atoms. The molecular weight excluding hydrogens is 213 g/mol. The van der Waals surface area contributed by atoms with Crippen LogP contribution in [-0.4, -0.2) is 14.8 Å². The molecule has 1 N–H and O–H groups in total. The van der Waals surface area contributed by atoms with Gasteiger partial charge in [0.25, 0.3) is 0 Å². The van der Waals surface area contributed by atoms with Gasteiger partial charge in [-0.15, -0.1) is 0 Å². The van der Waals surface area contributed by atoms with Gasteiger partial charge >= 0.3 is 0 Å². The van der Waals surface area contributed by atoms with Crippen molar-refractivity contribution in [3.8, 4) is 11.4 Å². The van der Waals surface area contributed by atoms with Gasteiger partial charge < -0.3 is 0 Å². The molecule has 0 atom stereocenters. The van der Waals surface area contributed by atoms with Crippen molar-refractivity contribution in [3.05, 3.63) is 34.4 Å². The molecule has 1 aromatic carbocycles. The van der Waals surface area contributed by atoms with Crippen LogP contribution in [0.1, 0.15) is 5.56 Å². The van der Waals surface area contributed by atoms with Crippen LogP contribution in [0.4, 0.5) is 4.39 Å². The fraction of sp³-hybridized carbons (Fsp3) is 0.200. The van der Waals surface area contributed by atoms with E-state index in [0.29, 0.717) is 10.6 Å². The summed E-state index contributed by atoms with van der Waals surface area (Å²) in [6, 6.07) is 4.58. The molecule has 0 aliphatic carbocycles. The molecule has 0 saturated carbocycles. The number of H-pyrrole nitrogens is 1. The minimum atomic E-state index is -0.245. The quantitative estimate of drug-likeness (QED) is 0.754. The van der Waals surface area contributed by atoms with Crippen LogP contribution in [0.3, 0.4) is 0 Å². The second-order valence-electron chi connectivity index (χ2n) is 3.37. The van der Waals surface area contributed by atoms with E-state index in [4.69, 9.17) is 12.2 Å². The molecule has 0 unspecified atom stereocenters. The molecule has 2 aromatic rings. The van der Waals surface area contributed by atoms with Crippen LogP contribution >= 0.6 is 12.2 Å². The Bertz CT molecular complexity index is 556. The normalized spacial score (nSPS) is 10.6. The number of aryl methyl sites for hydroxylation is 2. The standard InChI is InChI=1S/C10H10FN3S/c1-6-5-7(11)3-4-8(6)9-12-10(15)14(2)13-9/h3-5H,1-2H3,(H,12,13,15). The molecule has 2 rings (SSSR count). The zero-order valence-corrected chi connectivity index (χ0v) is 9.23. The monoisotopic (exact) mass is 223 g/mol. The predicted molar refractivity (Wildman–Crippen MR) is 58.5 cm³/mol. The molecule has 78 valence electrons. The number of rotatable bonds is 1. The van der Waals surface area contributed by atoms with E-state index in [1.54, 1.807) is 17.8 Å². The van der Waals surface area contributed by atoms with Gasteiger partial charge in [-0.2, -0.15) is 4.98 Å². The van der Waals surface area contributed by atoms with Gasteiger partial charge in [0.05, 0.1) is 0 Å². The number of aromatic nitrogens is 3. The van der Waals surface area contributed by atoms with Gasteiger partial charge in [-0.05, 0) is 42.9 Å². The number of benzene rings is 1. The molecule has 0 amide bonds. The predicted octanol–water partition coefficient (Wildman–Crippen LogP) is 2.59. The van der Waals surface area contributed by atoms with E-state index in [-0.39, 0.29) is 5.82 Å². The summed E-state index contributed by atoms with van der Waals surface area (Å²) in [7, 11) is 1.79. The van der Waals surface area contributed by atoms with E-state index in [0.717, 1.165) is 11.1 Å². The summed E-state index contributed by atoms with van der Waals surface area (Å²) in [6.07, 6.45) is 0. The zero-order valence-electron chi connectivity index (χ0n) is 8.41. The number of aromatic amines is 1. The molecule has 15 heavy (non-hydrogen) atoms. The lowest BCUT2D eigenvalue weighted by atomic mass is 10.1. The molecule has 5 heteroatoms. The van der Waals surface area contributed by atoms with E-state index >= 15 is 0 Å². The topological polar surface area (TPSA) is 33.6 Å². The highest BCUT2D eigenvalue weighted by molar-refractivity contribution is 7.71. The number of nitrogens with one attached hydrogen (secondary N) is 1. The lowest BCUT2D eigenvalue weighted by Crippen LogP contribution is -1.91. The minimum Gasteiger partial charge on any atom is -0.279 e. The largest absolute Gasteiger partial charge is 0.279 e. The van der Waals surface area contributed by atoms with E-state index in [1.165, 1.54) is 12.1 Å². The maximum atomic E-state index is 12.9. The van der Waals surface area contributed by atoms with Gasteiger partial charge in [-0.25, -0.2) is 4.39 Å². The van der Waals surface area contributed by atoms with Crippen LogP contribution in [-0.2, 0) is 7.05 Å². The third kappa shape index (κ3) is 1.83. The summed E-state index contributed by atoms with van der Waals surface area (Å²) >= 11 is 4.99. The molecule has 3 nitrogen and oxygen atoms in total. The van der Waals surface area contributed by atoms with Crippen LogP contribution in [0.15, 0.2) is 18.2 Å². The summed E-state index contributed by atoms with van der Waals surface area (Å²) in [5.74, 6) is 0.422. The lowest BCUT2D eigenvalue weighted by Gasteiger charge is -2.01. The average Bonchev–Trinajstić information content (AvgIpc) is 2.46. The van der Waals surface area contributed by atoms with Crippen molar-refractivity contribution in [2.75, 3.05) is 0 Å². The third-order valence-corrected chi connectivity index (χ3v) is 2.58.